The van der Waals surface area contributed by atoms with E-state index in [4.69, 9.17) is 4.74 Å². The maximum absolute atomic E-state index is 13.5. The van der Waals surface area contributed by atoms with Crippen LogP contribution >= 0.6 is 15.9 Å². The van der Waals surface area contributed by atoms with Gasteiger partial charge in [-0.15, -0.1) is 0 Å². The van der Waals surface area contributed by atoms with Gasteiger partial charge in [0.1, 0.15) is 0 Å². The minimum absolute atomic E-state index is 0.194. The van der Waals surface area contributed by atoms with E-state index in [-0.39, 0.29) is 5.75 Å². The number of benzene rings is 1. The maximum atomic E-state index is 13.5. The molecule has 2 aromatic rings. The second kappa shape index (κ2) is 4.84. The molecule has 0 saturated carbocycles. The molecule has 0 atom stereocenters. The molecule has 2 nitrogen and oxygen atoms in total. The van der Waals surface area contributed by atoms with Crippen molar-refractivity contribution < 1.29 is 9.13 Å². The molecule has 1 aromatic heterocycles. The third kappa shape index (κ3) is 2.82. The fraction of sp³-hybridized carbons (Fsp3) is 0.154. The number of ether oxygens (including phenoxy) is 1. The van der Waals surface area contributed by atoms with Crippen molar-refractivity contribution >= 4 is 15.9 Å². The molecule has 2 rings (SSSR count). The number of hydrogen-bond donors (Lipinski definition) is 0. The van der Waals surface area contributed by atoms with E-state index in [1.165, 1.54) is 6.07 Å². The lowest BCUT2D eigenvalue weighted by molar-refractivity contribution is 0.426. The zero-order valence-electron chi connectivity index (χ0n) is 9.50. The zero-order valence-corrected chi connectivity index (χ0v) is 11.1. The van der Waals surface area contributed by atoms with E-state index in [1.807, 2.05) is 13.8 Å². The SMILES string of the molecule is Cc1ccc(F)c(Oc2cc(C)c(Br)cn2)c1. The Balaban J connectivity index is 2.31. The number of aryl methyl sites for hydroxylation is 2. The molecule has 0 aliphatic carbocycles. The highest BCUT2D eigenvalue weighted by Gasteiger charge is 2.06. The number of hydrogen-bond acceptors (Lipinski definition) is 2. The van der Waals surface area contributed by atoms with Gasteiger partial charge in [-0.1, -0.05) is 6.07 Å². The second-order valence-corrected chi connectivity index (χ2v) is 4.66. The molecule has 0 saturated heterocycles. The van der Waals surface area contributed by atoms with Crippen molar-refractivity contribution in [1.29, 1.82) is 0 Å². The summed E-state index contributed by atoms with van der Waals surface area (Å²) in [6.07, 6.45) is 1.64. The van der Waals surface area contributed by atoms with Crippen molar-refractivity contribution in [3.05, 3.63) is 51.9 Å². The third-order valence-corrected chi connectivity index (χ3v) is 3.15. The monoisotopic (exact) mass is 295 g/mol. The first-order valence-corrected chi connectivity index (χ1v) is 5.92. The minimum atomic E-state index is -0.391. The molecule has 0 aliphatic rings. The van der Waals surface area contributed by atoms with E-state index in [2.05, 4.69) is 20.9 Å². The summed E-state index contributed by atoms with van der Waals surface area (Å²) >= 11 is 3.35. The molecule has 0 unspecified atom stereocenters. The number of halogens is 2. The van der Waals surface area contributed by atoms with Crippen molar-refractivity contribution in [2.45, 2.75) is 13.8 Å². The van der Waals surface area contributed by atoms with Gasteiger partial charge in [-0.05, 0) is 53.0 Å². The fourth-order valence-corrected chi connectivity index (χ4v) is 1.59. The first-order chi connectivity index (χ1) is 8.06. The van der Waals surface area contributed by atoms with E-state index >= 15 is 0 Å². The fourth-order valence-electron chi connectivity index (χ4n) is 1.37. The van der Waals surface area contributed by atoms with Crippen LogP contribution in [0.5, 0.6) is 11.6 Å². The van der Waals surface area contributed by atoms with Crippen molar-refractivity contribution in [3.63, 3.8) is 0 Å². The van der Waals surface area contributed by atoms with E-state index < -0.39 is 5.82 Å². The van der Waals surface area contributed by atoms with Crippen LogP contribution < -0.4 is 4.74 Å². The molecular weight excluding hydrogens is 285 g/mol. The van der Waals surface area contributed by atoms with Gasteiger partial charge in [0.05, 0.1) is 0 Å². The van der Waals surface area contributed by atoms with E-state index in [9.17, 15) is 4.39 Å². The standard InChI is InChI=1S/C13H11BrFNO/c1-8-3-4-11(15)12(5-8)17-13-6-9(2)10(14)7-16-13/h3-7H,1-2H3. The maximum Gasteiger partial charge on any atom is 0.219 e. The summed E-state index contributed by atoms with van der Waals surface area (Å²) < 4.78 is 19.8. The van der Waals surface area contributed by atoms with Gasteiger partial charge in [-0.2, -0.15) is 0 Å². The Morgan fingerprint density at radius 3 is 2.71 bits per heavy atom. The molecule has 17 heavy (non-hydrogen) atoms. The molecule has 0 fully saturated rings. The molecule has 0 spiro atoms. The summed E-state index contributed by atoms with van der Waals surface area (Å²) in [5.41, 5.74) is 1.93. The van der Waals surface area contributed by atoms with Crippen LogP contribution in [0.25, 0.3) is 0 Å². The summed E-state index contributed by atoms with van der Waals surface area (Å²) in [6.45, 7) is 3.80. The van der Waals surface area contributed by atoms with Crippen molar-refractivity contribution in [3.8, 4) is 11.6 Å². The first kappa shape index (κ1) is 12.0. The normalized spacial score (nSPS) is 10.4. The smallest absolute Gasteiger partial charge is 0.219 e. The van der Waals surface area contributed by atoms with Gasteiger partial charge in [0.15, 0.2) is 11.6 Å². The van der Waals surface area contributed by atoms with Gasteiger partial charge in [0.25, 0.3) is 0 Å². The summed E-state index contributed by atoms with van der Waals surface area (Å²) in [7, 11) is 0. The predicted octanol–water partition coefficient (Wildman–Crippen LogP) is 4.39. The molecule has 1 aromatic carbocycles. The Hall–Kier alpha value is -1.42. The van der Waals surface area contributed by atoms with Gasteiger partial charge < -0.3 is 4.74 Å². The van der Waals surface area contributed by atoms with Crippen LogP contribution in [-0.4, -0.2) is 4.98 Å². The van der Waals surface area contributed by atoms with E-state index in [0.717, 1.165) is 15.6 Å². The van der Waals surface area contributed by atoms with Gasteiger partial charge >= 0.3 is 0 Å². The van der Waals surface area contributed by atoms with Crippen LogP contribution in [0, 0.1) is 19.7 Å². The highest BCUT2D eigenvalue weighted by Crippen LogP contribution is 2.26. The molecule has 0 N–H and O–H groups in total. The molecule has 0 amide bonds. The molecule has 4 heteroatoms. The highest BCUT2D eigenvalue weighted by atomic mass is 79.9. The van der Waals surface area contributed by atoms with Crippen LogP contribution in [0.15, 0.2) is 34.9 Å². The van der Waals surface area contributed by atoms with Crippen molar-refractivity contribution in [2.24, 2.45) is 0 Å². The van der Waals surface area contributed by atoms with Crippen LogP contribution in [0.4, 0.5) is 4.39 Å². The molecule has 0 aliphatic heterocycles. The van der Waals surface area contributed by atoms with Crippen molar-refractivity contribution in [1.82, 2.24) is 4.98 Å². The molecule has 1 heterocycles. The second-order valence-electron chi connectivity index (χ2n) is 3.81. The third-order valence-electron chi connectivity index (χ3n) is 2.32. The molecular formula is C13H11BrFNO. The van der Waals surface area contributed by atoms with Crippen LogP contribution in [-0.2, 0) is 0 Å². The average molecular weight is 296 g/mol. The summed E-state index contributed by atoms with van der Waals surface area (Å²) in [5, 5.41) is 0. The van der Waals surface area contributed by atoms with Crippen LogP contribution in [0.2, 0.25) is 0 Å². The summed E-state index contributed by atoms with van der Waals surface area (Å²) in [5.74, 6) is 0.187. The lowest BCUT2D eigenvalue weighted by Gasteiger charge is -2.07. The molecule has 0 bridgehead atoms. The van der Waals surface area contributed by atoms with E-state index in [0.29, 0.717) is 5.88 Å². The van der Waals surface area contributed by atoms with Crippen LogP contribution in [0.3, 0.4) is 0 Å². The summed E-state index contributed by atoms with van der Waals surface area (Å²) in [6, 6.07) is 6.49. The predicted molar refractivity (Wildman–Crippen MR) is 67.9 cm³/mol. The van der Waals surface area contributed by atoms with Crippen LogP contribution in [0.1, 0.15) is 11.1 Å². The molecule has 0 radical (unpaired) electrons. The Kier molecular flexibility index (Phi) is 3.43. The number of pyridine rings is 1. The average Bonchev–Trinajstić information content (AvgIpc) is 2.29. The van der Waals surface area contributed by atoms with Gasteiger partial charge in [0.2, 0.25) is 5.88 Å². The Bertz CT molecular complexity index is 557. The van der Waals surface area contributed by atoms with Crippen molar-refractivity contribution in [2.75, 3.05) is 0 Å². The lowest BCUT2D eigenvalue weighted by Crippen LogP contribution is -1.92. The van der Waals surface area contributed by atoms with Gasteiger partial charge in [0, 0.05) is 16.7 Å². The van der Waals surface area contributed by atoms with Gasteiger partial charge in [-0.3, -0.25) is 0 Å². The topological polar surface area (TPSA) is 22.1 Å². The van der Waals surface area contributed by atoms with Gasteiger partial charge in [-0.25, -0.2) is 9.37 Å². The Morgan fingerprint density at radius 2 is 2.00 bits per heavy atom. The first-order valence-electron chi connectivity index (χ1n) is 5.12. The zero-order chi connectivity index (χ0) is 12.4. The Labute approximate surface area is 108 Å². The summed E-state index contributed by atoms with van der Waals surface area (Å²) in [4.78, 5) is 4.07. The lowest BCUT2D eigenvalue weighted by atomic mass is 10.2. The largest absolute Gasteiger partial charge is 0.436 e. The quantitative estimate of drug-likeness (QED) is 0.820. The Morgan fingerprint density at radius 1 is 1.24 bits per heavy atom. The number of aromatic nitrogens is 1. The molecule has 88 valence electrons. The number of rotatable bonds is 2. The minimum Gasteiger partial charge on any atom is -0.436 e. The highest BCUT2D eigenvalue weighted by molar-refractivity contribution is 9.10. The number of nitrogens with zero attached hydrogens (tertiary/aromatic N) is 1. The van der Waals surface area contributed by atoms with E-state index in [1.54, 1.807) is 24.4 Å².